The van der Waals surface area contributed by atoms with Crippen LogP contribution in [0.1, 0.15) is 31.4 Å². The molecule has 1 unspecified atom stereocenters. The Balaban J connectivity index is 2.61. The van der Waals surface area contributed by atoms with E-state index in [9.17, 15) is 0 Å². The van der Waals surface area contributed by atoms with Crippen molar-refractivity contribution in [2.45, 2.75) is 39.4 Å². The van der Waals surface area contributed by atoms with Crippen LogP contribution in [0.4, 0.5) is 0 Å². The van der Waals surface area contributed by atoms with Gasteiger partial charge < -0.3 is 10.1 Å². The van der Waals surface area contributed by atoms with E-state index in [2.05, 4.69) is 55.4 Å². The summed E-state index contributed by atoms with van der Waals surface area (Å²) in [6.07, 6.45) is 1.17. The minimum absolute atomic E-state index is 0.432. The molecule has 0 heterocycles. The van der Waals surface area contributed by atoms with E-state index in [-0.39, 0.29) is 0 Å². The summed E-state index contributed by atoms with van der Waals surface area (Å²) in [4.78, 5) is 2.34. The van der Waals surface area contributed by atoms with E-state index in [4.69, 9.17) is 4.74 Å². The topological polar surface area (TPSA) is 24.5 Å². The fourth-order valence-corrected chi connectivity index (χ4v) is 2.08. The molecule has 0 bridgehead atoms. The van der Waals surface area contributed by atoms with E-state index >= 15 is 0 Å². The van der Waals surface area contributed by atoms with Crippen LogP contribution < -0.4 is 5.32 Å². The van der Waals surface area contributed by atoms with Gasteiger partial charge in [-0.3, -0.25) is 4.90 Å². The lowest BCUT2D eigenvalue weighted by Gasteiger charge is -2.25. The van der Waals surface area contributed by atoms with Crippen LogP contribution in [-0.4, -0.2) is 38.3 Å². The van der Waals surface area contributed by atoms with E-state index < -0.39 is 0 Å². The number of hydrogen-bond donors (Lipinski definition) is 1. The van der Waals surface area contributed by atoms with Crippen molar-refractivity contribution in [1.82, 2.24) is 10.2 Å². The number of nitrogens with one attached hydrogen (secondary N) is 1. The molecule has 0 aliphatic carbocycles. The summed E-state index contributed by atoms with van der Waals surface area (Å²) in [7, 11) is 3.91. The predicted octanol–water partition coefficient (Wildman–Crippen LogP) is 2.65. The normalized spacial score (nSPS) is 12.9. The maximum atomic E-state index is 5.22. The second kappa shape index (κ2) is 9.08. The van der Waals surface area contributed by atoms with Gasteiger partial charge in [0.05, 0.1) is 6.61 Å². The number of rotatable bonds is 9. The number of ether oxygens (including phenoxy) is 1. The summed E-state index contributed by atoms with van der Waals surface area (Å²) in [6.45, 7) is 8.16. The molecule has 0 saturated heterocycles. The second-order valence-corrected chi connectivity index (χ2v) is 5.16. The molecule has 1 rings (SSSR count). The molecule has 0 amide bonds. The van der Waals surface area contributed by atoms with Crippen LogP contribution in [0.2, 0.25) is 0 Å². The van der Waals surface area contributed by atoms with Gasteiger partial charge in [0.1, 0.15) is 0 Å². The summed E-state index contributed by atoms with van der Waals surface area (Å²) in [5.74, 6) is 0. The molecule has 19 heavy (non-hydrogen) atoms. The monoisotopic (exact) mass is 264 g/mol. The first-order valence-electron chi connectivity index (χ1n) is 7.15. The quantitative estimate of drug-likeness (QED) is 0.694. The number of hydrogen-bond acceptors (Lipinski definition) is 3. The molecule has 0 radical (unpaired) electrons. The summed E-state index contributed by atoms with van der Waals surface area (Å²) in [6, 6.07) is 9.10. The summed E-state index contributed by atoms with van der Waals surface area (Å²) in [5.41, 5.74) is 2.80. The van der Waals surface area contributed by atoms with Gasteiger partial charge in [-0.05, 0) is 38.1 Å². The molecule has 1 aromatic rings. The van der Waals surface area contributed by atoms with Crippen molar-refractivity contribution in [3.63, 3.8) is 0 Å². The number of methoxy groups -OCH3 is 1. The highest BCUT2D eigenvalue weighted by Crippen LogP contribution is 2.12. The molecule has 0 saturated carbocycles. The Labute approximate surface area is 118 Å². The largest absolute Gasteiger partial charge is 0.383 e. The Morgan fingerprint density at radius 1 is 1.26 bits per heavy atom. The zero-order chi connectivity index (χ0) is 14.1. The fourth-order valence-electron chi connectivity index (χ4n) is 2.08. The van der Waals surface area contributed by atoms with Crippen LogP contribution in [0, 0.1) is 0 Å². The molecule has 0 spiro atoms. The van der Waals surface area contributed by atoms with Crippen LogP contribution in [0.5, 0.6) is 0 Å². The van der Waals surface area contributed by atoms with Gasteiger partial charge in [-0.2, -0.15) is 0 Å². The van der Waals surface area contributed by atoms with E-state index in [1.165, 1.54) is 17.5 Å². The highest BCUT2D eigenvalue weighted by atomic mass is 16.5. The first kappa shape index (κ1) is 16.2. The molecule has 0 aromatic heterocycles. The molecule has 1 atom stereocenters. The highest BCUT2D eigenvalue weighted by molar-refractivity contribution is 5.27. The second-order valence-electron chi connectivity index (χ2n) is 5.16. The maximum absolute atomic E-state index is 5.22. The third-order valence-corrected chi connectivity index (χ3v) is 3.44. The van der Waals surface area contributed by atoms with Gasteiger partial charge in [-0.1, -0.05) is 31.2 Å². The average molecular weight is 264 g/mol. The van der Waals surface area contributed by atoms with Crippen molar-refractivity contribution in [3.05, 3.63) is 35.4 Å². The van der Waals surface area contributed by atoms with Gasteiger partial charge in [0.25, 0.3) is 0 Å². The summed E-state index contributed by atoms with van der Waals surface area (Å²) >= 11 is 0. The zero-order valence-corrected chi connectivity index (χ0v) is 12.8. The molecule has 108 valence electrons. The van der Waals surface area contributed by atoms with Crippen LogP contribution in [-0.2, 0) is 17.8 Å². The minimum Gasteiger partial charge on any atom is -0.383 e. The molecular weight excluding hydrogens is 236 g/mol. The van der Waals surface area contributed by atoms with Crippen molar-refractivity contribution in [1.29, 1.82) is 0 Å². The SMILES string of the molecule is CCCNCc1ccccc1CN(C)C(C)COC. The smallest absolute Gasteiger partial charge is 0.0615 e. The Morgan fingerprint density at radius 2 is 1.95 bits per heavy atom. The standard InChI is InChI=1S/C16H28N2O/c1-5-10-17-11-15-8-6-7-9-16(15)12-18(3)14(2)13-19-4/h6-9,14,17H,5,10-13H2,1-4H3. The van der Waals surface area contributed by atoms with Gasteiger partial charge in [0.2, 0.25) is 0 Å². The maximum Gasteiger partial charge on any atom is 0.0615 e. The van der Waals surface area contributed by atoms with E-state index in [0.29, 0.717) is 6.04 Å². The van der Waals surface area contributed by atoms with Crippen molar-refractivity contribution >= 4 is 0 Å². The first-order chi connectivity index (χ1) is 9.19. The minimum atomic E-state index is 0.432. The first-order valence-corrected chi connectivity index (χ1v) is 7.15. The number of nitrogens with zero attached hydrogens (tertiary/aromatic N) is 1. The van der Waals surface area contributed by atoms with Crippen LogP contribution in [0.25, 0.3) is 0 Å². The van der Waals surface area contributed by atoms with Crippen molar-refractivity contribution < 1.29 is 4.74 Å². The predicted molar refractivity (Wildman–Crippen MR) is 81.2 cm³/mol. The molecule has 0 fully saturated rings. The molecule has 3 heteroatoms. The lowest BCUT2D eigenvalue weighted by atomic mass is 10.1. The van der Waals surface area contributed by atoms with Crippen molar-refractivity contribution in [2.75, 3.05) is 27.3 Å². The fraction of sp³-hybridized carbons (Fsp3) is 0.625. The summed E-state index contributed by atoms with van der Waals surface area (Å²) in [5, 5.41) is 3.48. The third-order valence-electron chi connectivity index (χ3n) is 3.44. The average Bonchev–Trinajstić information content (AvgIpc) is 2.41. The van der Waals surface area contributed by atoms with E-state index in [1.807, 2.05) is 0 Å². The Kier molecular flexibility index (Phi) is 7.72. The molecule has 3 nitrogen and oxygen atoms in total. The van der Waals surface area contributed by atoms with Gasteiger partial charge in [0.15, 0.2) is 0 Å². The Morgan fingerprint density at radius 3 is 2.58 bits per heavy atom. The van der Waals surface area contributed by atoms with Crippen LogP contribution in [0.3, 0.4) is 0 Å². The molecule has 0 aliphatic heterocycles. The van der Waals surface area contributed by atoms with Gasteiger partial charge in [0, 0.05) is 26.2 Å². The lowest BCUT2D eigenvalue weighted by molar-refractivity contribution is 0.112. The van der Waals surface area contributed by atoms with E-state index in [0.717, 1.165) is 26.2 Å². The molecular formula is C16H28N2O. The molecule has 1 N–H and O–H groups in total. The van der Waals surface area contributed by atoms with Crippen LogP contribution >= 0.6 is 0 Å². The molecule has 1 aromatic carbocycles. The Hall–Kier alpha value is -0.900. The Bertz CT molecular complexity index is 354. The van der Waals surface area contributed by atoms with Crippen molar-refractivity contribution in [2.24, 2.45) is 0 Å². The third kappa shape index (κ3) is 5.72. The van der Waals surface area contributed by atoms with Gasteiger partial charge in [-0.25, -0.2) is 0 Å². The van der Waals surface area contributed by atoms with Crippen LogP contribution in [0.15, 0.2) is 24.3 Å². The van der Waals surface area contributed by atoms with Gasteiger partial charge >= 0.3 is 0 Å². The number of likely N-dealkylation sites (N-methyl/N-ethyl adjacent to an activating group) is 1. The van der Waals surface area contributed by atoms with Gasteiger partial charge in [-0.15, -0.1) is 0 Å². The zero-order valence-electron chi connectivity index (χ0n) is 12.8. The number of benzene rings is 1. The van der Waals surface area contributed by atoms with E-state index in [1.54, 1.807) is 7.11 Å². The summed E-state index contributed by atoms with van der Waals surface area (Å²) < 4.78 is 5.22. The molecule has 0 aliphatic rings. The lowest BCUT2D eigenvalue weighted by Crippen LogP contribution is -2.32. The highest BCUT2D eigenvalue weighted by Gasteiger charge is 2.11. The van der Waals surface area contributed by atoms with Crippen molar-refractivity contribution in [3.8, 4) is 0 Å².